The third-order valence-electron chi connectivity index (χ3n) is 8.36. The number of hydrogen-bond donors (Lipinski definition) is 1. The van der Waals surface area contributed by atoms with Crippen molar-refractivity contribution in [2.24, 2.45) is 0 Å². The lowest BCUT2D eigenvalue weighted by Gasteiger charge is -2.20. The van der Waals surface area contributed by atoms with Crippen molar-refractivity contribution >= 4 is 65.3 Å². The van der Waals surface area contributed by atoms with Crippen molar-refractivity contribution in [1.29, 1.82) is 0 Å². The third-order valence-corrected chi connectivity index (χ3v) is 12.2. The topological polar surface area (TPSA) is 122 Å². The molecular formula is C36H47N3O6S4. The van der Waals surface area contributed by atoms with Gasteiger partial charge in [-0.25, -0.2) is 8.42 Å². The number of aryl methyl sites for hydroxylation is 1. The van der Waals surface area contributed by atoms with Crippen LogP contribution in [0.25, 0.3) is 16.3 Å². The summed E-state index contributed by atoms with van der Waals surface area (Å²) in [6.45, 7) is 11.1. The maximum atomic E-state index is 11.2. The summed E-state index contributed by atoms with van der Waals surface area (Å²) in [6, 6.07) is 16.0. The summed E-state index contributed by atoms with van der Waals surface area (Å²) in [7, 11) is -8.27. The summed E-state index contributed by atoms with van der Waals surface area (Å²) in [4.78, 5) is 5.59. The van der Waals surface area contributed by atoms with Gasteiger partial charge in [-0.1, -0.05) is 86.4 Å². The Kier molecular flexibility index (Phi) is 14.7. The first-order valence-electron chi connectivity index (χ1n) is 16.8. The Labute approximate surface area is 300 Å². The van der Waals surface area contributed by atoms with Crippen LogP contribution >= 0.6 is 23.1 Å². The second kappa shape index (κ2) is 18.5. The van der Waals surface area contributed by atoms with E-state index in [0.717, 1.165) is 50.1 Å². The van der Waals surface area contributed by atoms with Crippen LogP contribution in [0, 0.1) is 0 Å². The zero-order valence-corrected chi connectivity index (χ0v) is 31.7. The fourth-order valence-electron chi connectivity index (χ4n) is 5.79. The zero-order valence-electron chi connectivity index (χ0n) is 28.5. The fraction of sp³-hybridized carbons (Fsp3) is 0.417. The van der Waals surface area contributed by atoms with E-state index >= 15 is 0 Å². The number of allylic oxidation sites excluding steroid dienone is 6. The standard InChI is InChI=1S/C30H32N2O6S4.C6H15N/c33-41(34,35)20-6-18-31-25-10-1-3-12-27(25)39-29(31)16-14-23-8-5-9-24(22-23)15-17-30-32(19-7-21-42(36,37)38)26-11-2-4-13-28(26)40-30;1-4-7(5-2)6-3/h1-4,10-17,22H,5-9,18-21H2,(H-,33,34,35,36,37,38);4-6H2,1-3H3. The van der Waals surface area contributed by atoms with E-state index in [1.165, 1.54) is 30.8 Å². The van der Waals surface area contributed by atoms with Crippen LogP contribution in [-0.4, -0.2) is 68.5 Å². The fourth-order valence-corrected chi connectivity index (χ4v) is 8.95. The van der Waals surface area contributed by atoms with Crippen molar-refractivity contribution in [2.45, 2.75) is 64.3 Å². The van der Waals surface area contributed by atoms with Crippen LogP contribution in [0.15, 0.2) is 93.9 Å². The number of rotatable bonds is 14. The highest BCUT2D eigenvalue weighted by Crippen LogP contribution is 2.46. The molecule has 2 aliphatic rings. The molecule has 2 aromatic carbocycles. The Balaban J connectivity index is 0.000000698. The first-order chi connectivity index (χ1) is 23.4. The summed E-state index contributed by atoms with van der Waals surface area (Å²) in [5.74, 6) is -0.663. The number of para-hydroxylation sites is 2. The molecule has 0 atom stereocenters. The van der Waals surface area contributed by atoms with Gasteiger partial charge in [0.25, 0.3) is 15.1 Å². The van der Waals surface area contributed by atoms with Gasteiger partial charge in [0.1, 0.15) is 4.70 Å². The van der Waals surface area contributed by atoms with Crippen LogP contribution in [0.2, 0.25) is 0 Å². The van der Waals surface area contributed by atoms with Gasteiger partial charge in [-0.3, -0.25) is 4.55 Å². The van der Waals surface area contributed by atoms with Crippen LogP contribution in [0.3, 0.4) is 0 Å². The number of benzene rings is 2. The van der Waals surface area contributed by atoms with Gasteiger partial charge in [-0.05, 0) is 80.7 Å². The Bertz CT molecular complexity index is 1900. The van der Waals surface area contributed by atoms with Crippen molar-refractivity contribution in [2.75, 3.05) is 42.6 Å². The maximum absolute atomic E-state index is 11.2. The molecule has 5 rings (SSSR count). The summed E-state index contributed by atoms with van der Waals surface area (Å²) in [6.07, 6.45) is 14.1. The lowest BCUT2D eigenvalue weighted by Crippen LogP contribution is -2.36. The SMILES string of the molecule is CCN(CC)CC.O=S(=O)([O-])CCC[n+]1c(/C=C/C2=CC(=C/C=C3\Sc4ccccc4N3CCCS(=O)(=O)O)/CCC2)sc2ccccc21. The Hall–Kier alpha value is -2.78. The van der Waals surface area contributed by atoms with Gasteiger partial charge in [0, 0.05) is 35.8 Å². The molecular weight excluding hydrogens is 699 g/mol. The van der Waals surface area contributed by atoms with E-state index in [4.69, 9.17) is 4.55 Å². The second-order valence-electron chi connectivity index (χ2n) is 11.8. The molecule has 13 heteroatoms. The molecule has 1 aliphatic heterocycles. The van der Waals surface area contributed by atoms with Gasteiger partial charge in [-0.2, -0.15) is 13.0 Å². The largest absolute Gasteiger partial charge is 0.748 e. The molecule has 0 unspecified atom stereocenters. The molecule has 0 fully saturated rings. The molecule has 0 saturated heterocycles. The lowest BCUT2D eigenvalue weighted by molar-refractivity contribution is -0.668. The van der Waals surface area contributed by atoms with Gasteiger partial charge in [-0.15, -0.1) is 0 Å². The van der Waals surface area contributed by atoms with Gasteiger partial charge in [0.2, 0.25) is 5.52 Å². The first kappa shape index (κ1) is 39.0. The van der Waals surface area contributed by atoms with Crippen LogP contribution in [0.5, 0.6) is 0 Å². The molecule has 1 N–H and O–H groups in total. The highest BCUT2D eigenvalue weighted by Gasteiger charge is 2.24. The predicted molar refractivity (Wildman–Crippen MR) is 202 cm³/mol. The highest BCUT2D eigenvalue weighted by atomic mass is 32.2. The van der Waals surface area contributed by atoms with Crippen molar-refractivity contribution in [1.82, 2.24) is 4.90 Å². The lowest BCUT2D eigenvalue weighted by atomic mass is 9.94. The van der Waals surface area contributed by atoms with Crippen molar-refractivity contribution in [3.63, 3.8) is 0 Å². The molecule has 0 spiro atoms. The minimum atomic E-state index is -4.26. The predicted octanol–water partition coefficient (Wildman–Crippen LogP) is 7.25. The average Bonchev–Trinajstić information content (AvgIpc) is 3.60. The number of fused-ring (bicyclic) bond motifs is 2. The number of thioether (sulfide) groups is 1. The second-order valence-corrected chi connectivity index (χ2v) is 17.0. The van der Waals surface area contributed by atoms with E-state index in [1.54, 1.807) is 23.1 Å². The number of anilines is 1. The number of aromatic nitrogens is 1. The minimum absolute atomic E-state index is 0.261. The van der Waals surface area contributed by atoms with E-state index in [9.17, 15) is 21.4 Å². The van der Waals surface area contributed by atoms with Gasteiger partial charge in [0.05, 0.1) is 26.6 Å². The van der Waals surface area contributed by atoms with Crippen molar-refractivity contribution in [3.05, 3.63) is 94.0 Å². The van der Waals surface area contributed by atoms with E-state index in [-0.39, 0.29) is 17.9 Å². The van der Waals surface area contributed by atoms with Crippen LogP contribution in [-0.2, 0) is 26.8 Å². The van der Waals surface area contributed by atoms with Crippen LogP contribution < -0.4 is 9.47 Å². The zero-order chi connectivity index (χ0) is 35.4. The van der Waals surface area contributed by atoms with Crippen molar-refractivity contribution < 1.29 is 30.5 Å². The number of nitrogens with zero attached hydrogens (tertiary/aromatic N) is 3. The third kappa shape index (κ3) is 12.2. The molecule has 0 amide bonds. The number of hydrogen-bond acceptors (Lipinski definition) is 9. The monoisotopic (exact) mass is 745 g/mol. The smallest absolute Gasteiger partial charge is 0.264 e. The Morgan fingerprint density at radius 1 is 0.918 bits per heavy atom. The average molecular weight is 746 g/mol. The van der Waals surface area contributed by atoms with Gasteiger partial charge < -0.3 is 14.4 Å². The molecule has 2 heterocycles. The molecule has 1 aromatic heterocycles. The van der Waals surface area contributed by atoms with E-state index in [1.807, 2.05) is 48.5 Å². The molecule has 3 aromatic rings. The van der Waals surface area contributed by atoms with E-state index in [2.05, 4.69) is 65.5 Å². The molecule has 1 aliphatic carbocycles. The molecule has 0 radical (unpaired) electrons. The summed E-state index contributed by atoms with van der Waals surface area (Å²) in [5.41, 5.74) is 4.46. The summed E-state index contributed by atoms with van der Waals surface area (Å²) >= 11 is 3.28. The molecule has 266 valence electrons. The van der Waals surface area contributed by atoms with Gasteiger partial charge in [0.15, 0.2) is 6.54 Å². The Morgan fingerprint density at radius 3 is 2.33 bits per heavy atom. The van der Waals surface area contributed by atoms with Crippen LogP contribution in [0.4, 0.5) is 5.69 Å². The van der Waals surface area contributed by atoms with E-state index in [0.29, 0.717) is 19.5 Å². The first-order valence-corrected chi connectivity index (χ1v) is 21.6. The highest BCUT2D eigenvalue weighted by molar-refractivity contribution is 8.03. The summed E-state index contributed by atoms with van der Waals surface area (Å²) < 4.78 is 68.3. The molecule has 49 heavy (non-hydrogen) atoms. The normalized spacial score (nSPS) is 16.9. The molecule has 0 saturated carbocycles. The minimum Gasteiger partial charge on any atom is -0.748 e. The summed E-state index contributed by atoms with van der Waals surface area (Å²) in [5, 5.41) is 2.01. The Morgan fingerprint density at radius 2 is 1.63 bits per heavy atom. The van der Waals surface area contributed by atoms with E-state index < -0.39 is 20.2 Å². The number of thiazole rings is 1. The van der Waals surface area contributed by atoms with Crippen molar-refractivity contribution in [3.8, 4) is 0 Å². The molecule has 9 nitrogen and oxygen atoms in total. The quantitative estimate of drug-likeness (QED) is 0.134. The van der Waals surface area contributed by atoms with Gasteiger partial charge >= 0.3 is 0 Å². The molecule has 0 bridgehead atoms. The van der Waals surface area contributed by atoms with Crippen LogP contribution in [0.1, 0.15) is 57.9 Å². The maximum Gasteiger partial charge on any atom is 0.264 e.